The Kier molecular flexibility index (Phi) is 6.01. The Hall–Kier alpha value is -1.06. The monoisotopic (exact) mass is 236 g/mol. The van der Waals surface area contributed by atoms with Crippen LogP contribution in [0.4, 0.5) is 0 Å². The third-order valence-corrected chi connectivity index (χ3v) is 2.98. The van der Waals surface area contributed by atoms with Crippen LogP contribution >= 0.6 is 0 Å². The molecule has 3 heteroatoms. The third kappa shape index (κ3) is 4.36. The van der Waals surface area contributed by atoms with Gasteiger partial charge in [-0.15, -0.1) is 0 Å². The zero-order valence-electron chi connectivity index (χ0n) is 10.8. The molecule has 2 rings (SSSR count). The molecule has 3 nitrogen and oxygen atoms in total. The first kappa shape index (κ1) is 14.0. The van der Waals surface area contributed by atoms with E-state index in [9.17, 15) is 0 Å². The summed E-state index contributed by atoms with van der Waals surface area (Å²) >= 11 is 0. The zero-order chi connectivity index (χ0) is 11.2. The highest BCUT2D eigenvalue weighted by Crippen LogP contribution is 2.17. The fourth-order valence-electron chi connectivity index (χ4n) is 2.15. The van der Waals surface area contributed by atoms with E-state index in [-0.39, 0.29) is 6.15 Å². The molecule has 0 bridgehead atoms. The Bertz CT molecular complexity index is 322. The summed E-state index contributed by atoms with van der Waals surface area (Å²) in [6.07, 6.45) is 3.77. The fraction of sp³-hybridized carbons (Fsp3) is 0.571. The summed E-state index contributed by atoms with van der Waals surface area (Å²) < 4.78 is 5.64. The quantitative estimate of drug-likeness (QED) is 0.853. The standard InChI is InChI=1S/C14H21NO.H3N/c1-2-10-16-14-7-5-6-13(11-14)12-15-8-3-4-9-15;/h5-7,11H,2-4,8-10,12H2,1H3;1H3. The molecule has 0 spiro atoms. The summed E-state index contributed by atoms with van der Waals surface area (Å²) in [4.78, 5) is 2.51. The van der Waals surface area contributed by atoms with Crippen LogP contribution < -0.4 is 10.9 Å². The van der Waals surface area contributed by atoms with Gasteiger partial charge in [0.15, 0.2) is 0 Å². The number of ether oxygens (including phenoxy) is 1. The van der Waals surface area contributed by atoms with E-state index in [1.165, 1.54) is 31.5 Å². The van der Waals surface area contributed by atoms with Gasteiger partial charge in [0, 0.05) is 6.54 Å². The fourth-order valence-corrected chi connectivity index (χ4v) is 2.15. The lowest BCUT2D eigenvalue weighted by Crippen LogP contribution is -2.18. The van der Waals surface area contributed by atoms with E-state index >= 15 is 0 Å². The van der Waals surface area contributed by atoms with Crippen LogP contribution in [0.15, 0.2) is 24.3 Å². The van der Waals surface area contributed by atoms with Crippen molar-refractivity contribution in [1.29, 1.82) is 0 Å². The van der Waals surface area contributed by atoms with Crippen molar-refractivity contribution in [3.8, 4) is 5.75 Å². The number of likely N-dealkylation sites (tertiary alicyclic amines) is 1. The Morgan fingerprint density at radius 1 is 1.24 bits per heavy atom. The van der Waals surface area contributed by atoms with Gasteiger partial charge in [-0.05, 0) is 50.0 Å². The van der Waals surface area contributed by atoms with Crippen molar-refractivity contribution in [2.24, 2.45) is 0 Å². The average molecular weight is 236 g/mol. The molecule has 0 unspecified atom stereocenters. The van der Waals surface area contributed by atoms with Crippen LogP contribution in [-0.2, 0) is 6.54 Å². The number of rotatable bonds is 5. The van der Waals surface area contributed by atoms with Crippen LogP contribution in [0.5, 0.6) is 5.75 Å². The van der Waals surface area contributed by atoms with E-state index in [0.717, 1.165) is 25.3 Å². The van der Waals surface area contributed by atoms with Crippen LogP contribution in [-0.4, -0.2) is 24.6 Å². The van der Waals surface area contributed by atoms with Crippen molar-refractivity contribution >= 4 is 0 Å². The van der Waals surface area contributed by atoms with Gasteiger partial charge < -0.3 is 10.9 Å². The molecule has 17 heavy (non-hydrogen) atoms. The molecular weight excluding hydrogens is 212 g/mol. The molecule has 1 fully saturated rings. The average Bonchev–Trinajstić information content (AvgIpc) is 2.80. The molecule has 3 N–H and O–H groups in total. The van der Waals surface area contributed by atoms with Gasteiger partial charge >= 0.3 is 0 Å². The maximum atomic E-state index is 5.64. The summed E-state index contributed by atoms with van der Waals surface area (Å²) in [5.74, 6) is 1.01. The van der Waals surface area contributed by atoms with E-state index in [4.69, 9.17) is 4.74 Å². The first-order valence-corrected chi connectivity index (χ1v) is 6.32. The first-order chi connectivity index (χ1) is 7.88. The highest BCUT2D eigenvalue weighted by Gasteiger charge is 2.11. The minimum atomic E-state index is 0. The van der Waals surface area contributed by atoms with Gasteiger partial charge in [-0.3, -0.25) is 4.90 Å². The smallest absolute Gasteiger partial charge is 0.119 e. The number of hydrogen-bond donors (Lipinski definition) is 1. The SMILES string of the molecule is CCCOc1cccc(CN2CCCC2)c1.N. The van der Waals surface area contributed by atoms with Gasteiger partial charge in [-0.2, -0.15) is 0 Å². The molecule has 1 saturated heterocycles. The second-order valence-electron chi connectivity index (χ2n) is 4.48. The molecule has 0 radical (unpaired) electrons. The first-order valence-electron chi connectivity index (χ1n) is 6.32. The van der Waals surface area contributed by atoms with Crippen molar-refractivity contribution in [2.45, 2.75) is 32.7 Å². The molecule has 1 aromatic carbocycles. The van der Waals surface area contributed by atoms with E-state index in [0.29, 0.717) is 0 Å². The van der Waals surface area contributed by atoms with E-state index < -0.39 is 0 Å². The molecular formula is C14H24N2O. The maximum Gasteiger partial charge on any atom is 0.119 e. The Morgan fingerprint density at radius 3 is 2.71 bits per heavy atom. The Morgan fingerprint density at radius 2 is 2.00 bits per heavy atom. The lowest BCUT2D eigenvalue weighted by Gasteiger charge is -2.15. The molecule has 0 saturated carbocycles. The molecule has 0 aliphatic carbocycles. The van der Waals surface area contributed by atoms with E-state index in [1.807, 2.05) is 6.07 Å². The van der Waals surface area contributed by atoms with Gasteiger partial charge in [0.2, 0.25) is 0 Å². The second-order valence-corrected chi connectivity index (χ2v) is 4.48. The predicted molar refractivity (Wildman–Crippen MR) is 71.8 cm³/mol. The lowest BCUT2D eigenvalue weighted by molar-refractivity contribution is 0.312. The van der Waals surface area contributed by atoms with E-state index in [1.54, 1.807) is 0 Å². The van der Waals surface area contributed by atoms with Crippen molar-refractivity contribution in [2.75, 3.05) is 19.7 Å². The number of hydrogen-bond acceptors (Lipinski definition) is 3. The molecule has 1 aromatic rings. The molecule has 1 aliphatic heterocycles. The lowest BCUT2D eigenvalue weighted by atomic mass is 10.2. The minimum absolute atomic E-state index is 0. The highest BCUT2D eigenvalue weighted by molar-refractivity contribution is 5.28. The molecule has 0 aromatic heterocycles. The van der Waals surface area contributed by atoms with E-state index in [2.05, 4.69) is 30.0 Å². The number of benzene rings is 1. The number of nitrogens with zero attached hydrogens (tertiary/aromatic N) is 1. The van der Waals surface area contributed by atoms with Crippen LogP contribution in [0.25, 0.3) is 0 Å². The summed E-state index contributed by atoms with van der Waals surface area (Å²) in [5.41, 5.74) is 1.37. The van der Waals surface area contributed by atoms with Gasteiger partial charge in [0.25, 0.3) is 0 Å². The molecule has 0 atom stereocenters. The van der Waals surface area contributed by atoms with Crippen LogP contribution in [0.1, 0.15) is 31.7 Å². The topological polar surface area (TPSA) is 47.5 Å². The van der Waals surface area contributed by atoms with Crippen LogP contribution in [0.2, 0.25) is 0 Å². The summed E-state index contributed by atoms with van der Waals surface area (Å²) in [6, 6.07) is 8.50. The largest absolute Gasteiger partial charge is 0.494 e. The van der Waals surface area contributed by atoms with Gasteiger partial charge in [-0.25, -0.2) is 0 Å². The third-order valence-electron chi connectivity index (χ3n) is 2.98. The minimum Gasteiger partial charge on any atom is -0.494 e. The van der Waals surface area contributed by atoms with Gasteiger partial charge in [-0.1, -0.05) is 19.1 Å². The normalized spacial score (nSPS) is 15.6. The van der Waals surface area contributed by atoms with Crippen LogP contribution in [0.3, 0.4) is 0 Å². The Balaban J connectivity index is 0.00000144. The highest BCUT2D eigenvalue weighted by atomic mass is 16.5. The molecule has 0 amide bonds. The molecule has 1 aliphatic rings. The summed E-state index contributed by atoms with van der Waals surface area (Å²) in [7, 11) is 0. The van der Waals surface area contributed by atoms with Crippen molar-refractivity contribution in [3.05, 3.63) is 29.8 Å². The second kappa shape index (κ2) is 7.30. The van der Waals surface area contributed by atoms with Crippen molar-refractivity contribution in [1.82, 2.24) is 11.1 Å². The van der Waals surface area contributed by atoms with Crippen molar-refractivity contribution in [3.63, 3.8) is 0 Å². The molecule has 96 valence electrons. The summed E-state index contributed by atoms with van der Waals surface area (Å²) in [5, 5.41) is 0. The zero-order valence-corrected chi connectivity index (χ0v) is 10.8. The maximum absolute atomic E-state index is 5.64. The predicted octanol–water partition coefficient (Wildman–Crippen LogP) is 3.23. The van der Waals surface area contributed by atoms with Gasteiger partial charge in [0.1, 0.15) is 5.75 Å². The summed E-state index contributed by atoms with van der Waals surface area (Å²) in [6.45, 7) is 6.52. The van der Waals surface area contributed by atoms with Crippen LogP contribution in [0, 0.1) is 0 Å². The van der Waals surface area contributed by atoms with Gasteiger partial charge in [0.05, 0.1) is 6.61 Å². The Labute approximate surface area is 104 Å². The van der Waals surface area contributed by atoms with Crippen molar-refractivity contribution < 1.29 is 4.74 Å². The molecule has 1 heterocycles.